The summed E-state index contributed by atoms with van der Waals surface area (Å²) in [5, 5.41) is 2.40. The minimum Gasteiger partial charge on any atom is -0.142 e. The van der Waals surface area contributed by atoms with E-state index >= 15 is 0 Å². The van der Waals surface area contributed by atoms with Gasteiger partial charge >= 0.3 is 0 Å². The Morgan fingerprint density at radius 2 is 1.56 bits per heavy atom. The van der Waals surface area contributed by atoms with E-state index in [2.05, 4.69) is 13.2 Å². The van der Waals surface area contributed by atoms with Crippen molar-refractivity contribution in [2.75, 3.05) is 5.08 Å². The third-order valence-electron chi connectivity index (χ3n) is 1.31. The first-order valence-corrected chi connectivity index (χ1v) is 4.96. The van der Waals surface area contributed by atoms with E-state index in [1.165, 1.54) is 5.08 Å². The number of thioether (sulfide) groups is 2. The molecule has 2 unspecified atom stereocenters. The molecule has 0 radical (unpaired) electrons. The second kappa shape index (κ2) is 3.37. The Hall–Kier alpha value is 0.180. The van der Waals surface area contributed by atoms with Crippen LogP contribution in [-0.4, -0.2) is 15.6 Å². The van der Waals surface area contributed by atoms with Gasteiger partial charge in [0.1, 0.15) is 0 Å². The van der Waals surface area contributed by atoms with Gasteiger partial charge in [-0.05, 0) is 0 Å². The second-order valence-electron chi connectivity index (χ2n) is 1.85. The van der Waals surface area contributed by atoms with Gasteiger partial charge in [-0.1, -0.05) is 12.2 Å². The lowest BCUT2D eigenvalue weighted by atomic mass is 10.3. The molecule has 0 aromatic rings. The van der Waals surface area contributed by atoms with Gasteiger partial charge in [-0.15, -0.1) is 36.7 Å². The van der Waals surface area contributed by atoms with Crippen LogP contribution in [0.5, 0.6) is 0 Å². The molecule has 1 aliphatic rings. The van der Waals surface area contributed by atoms with Gasteiger partial charge in [0.05, 0.1) is 0 Å². The molecule has 2 heteroatoms. The van der Waals surface area contributed by atoms with Crippen LogP contribution >= 0.6 is 23.5 Å². The Labute approximate surface area is 64.8 Å². The fourth-order valence-corrected chi connectivity index (χ4v) is 3.71. The maximum absolute atomic E-state index is 3.76. The van der Waals surface area contributed by atoms with Crippen LogP contribution in [-0.2, 0) is 0 Å². The standard InChI is InChI=1S/C7H10S2/c1-3-6-7(4-2)9-5-8-6/h3-4,6-7H,1-2,5H2. The van der Waals surface area contributed by atoms with Crippen molar-refractivity contribution in [3.63, 3.8) is 0 Å². The van der Waals surface area contributed by atoms with E-state index in [4.69, 9.17) is 0 Å². The fourth-order valence-electron chi connectivity index (χ4n) is 0.790. The van der Waals surface area contributed by atoms with Crippen molar-refractivity contribution in [2.24, 2.45) is 0 Å². The van der Waals surface area contributed by atoms with Crippen molar-refractivity contribution < 1.29 is 0 Å². The number of hydrogen-bond acceptors (Lipinski definition) is 2. The van der Waals surface area contributed by atoms with Gasteiger partial charge in [0.25, 0.3) is 0 Å². The van der Waals surface area contributed by atoms with Crippen LogP contribution in [0.2, 0.25) is 0 Å². The number of rotatable bonds is 2. The van der Waals surface area contributed by atoms with Crippen molar-refractivity contribution >= 4 is 23.5 Å². The van der Waals surface area contributed by atoms with Crippen LogP contribution in [0.15, 0.2) is 25.3 Å². The van der Waals surface area contributed by atoms with E-state index in [0.29, 0.717) is 10.5 Å². The maximum atomic E-state index is 3.76. The first-order valence-electron chi connectivity index (χ1n) is 2.87. The zero-order valence-electron chi connectivity index (χ0n) is 5.25. The molecule has 1 saturated heterocycles. The van der Waals surface area contributed by atoms with Crippen LogP contribution in [0.3, 0.4) is 0 Å². The predicted molar refractivity (Wildman–Crippen MR) is 48.0 cm³/mol. The molecule has 0 N–H and O–H groups in total. The molecule has 1 heterocycles. The van der Waals surface area contributed by atoms with Gasteiger partial charge in [0.2, 0.25) is 0 Å². The summed E-state index contributed by atoms with van der Waals surface area (Å²) < 4.78 is 0. The summed E-state index contributed by atoms with van der Waals surface area (Å²) >= 11 is 3.90. The molecule has 0 amide bonds. The first-order chi connectivity index (χ1) is 4.38. The van der Waals surface area contributed by atoms with Gasteiger partial charge in [-0.2, -0.15) is 0 Å². The molecule has 1 aliphatic heterocycles. The van der Waals surface area contributed by atoms with Gasteiger partial charge in [-0.3, -0.25) is 0 Å². The SMILES string of the molecule is C=CC1SCSC1C=C. The molecule has 0 nitrogen and oxygen atoms in total. The van der Waals surface area contributed by atoms with E-state index in [1.54, 1.807) is 0 Å². The van der Waals surface area contributed by atoms with Gasteiger partial charge < -0.3 is 0 Å². The first kappa shape index (κ1) is 7.29. The molecule has 0 aromatic carbocycles. The van der Waals surface area contributed by atoms with Gasteiger partial charge in [-0.25, -0.2) is 0 Å². The molecule has 9 heavy (non-hydrogen) atoms. The van der Waals surface area contributed by atoms with Crippen molar-refractivity contribution in [2.45, 2.75) is 10.5 Å². The minimum absolute atomic E-state index is 0.604. The average Bonchev–Trinajstić information content (AvgIpc) is 2.33. The summed E-state index contributed by atoms with van der Waals surface area (Å²) in [5.74, 6) is 0. The van der Waals surface area contributed by atoms with Crippen LogP contribution in [0.1, 0.15) is 0 Å². The third kappa shape index (κ3) is 1.55. The molecular weight excluding hydrogens is 148 g/mol. The molecule has 50 valence electrons. The summed E-state index contributed by atoms with van der Waals surface area (Å²) in [7, 11) is 0. The van der Waals surface area contributed by atoms with E-state index in [0.717, 1.165) is 0 Å². The zero-order chi connectivity index (χ0) is 6.69. The topological polar surface area (TPSA) is 0 Å². The van der Waals surface area contributed by atoms with E-state index < -0.39 is 0 Å². The molecule has 1 fully saturated rings. The maximum Gasteiger partial charge on any atom is 0.0405 e. The summed E-state index contributed by atoms with van der Waals surface area (Å²) in [6, 6.07) is 0. The zero-order valence-corrected chi connectivity index (χ0v) is 6.88. The van der Waals surface area contributed by atoms with E-state index in [9.17, 15) is 0 Å². The molecule has 0 spiro atoms. The lowest BCUT2D eigenvalue weighted by Crippen LogP contribution is -2.07. The molecule has 2 atom stereocenters. The average molecular weight is 158 g/mol. The normalized spacial score (nSPS) is 34.2. The van der Waals surface area contributed by atoms with Crippen LogP contribution in [0, 0.1) is 0 Å². The van der Waals surface area contributed by atoms with Crippen molar-refractivity contribution in [1.29, 1.82) is 0 Å². The van der Waals surface area contributed by atoms with E-state index in [1.807, 2.05) is 35.7 Å². The van der Waals surface area contributed by atoms with Crippen molar-refractivity contribution in [3.8, 4) is 0 Å². The third-order valence-corrected chi connectivity index (χ3v) is 4.31. The van der Waals surface area contributed by atoms with Crippen molar-refractivity contribution in [3.05, 3.63) is 25.3 Å². The Morgan fingerprint density at radius 3 is 1.89 bits per heavy atom. The lowest BCUT2D eigenvalue weighted by Gasteiger charge is -2.06. The van der Waals surface area contributed by atoms with Gasteiger partial charge in [0, 0.05) is 15.6 Å². The number of hydrogen-bond donors (Lipinski definition) is 0. The van der Waals surface area contributed by atoms with Crippen LogP contribution < -0.4 is 0 Å². The summed E-state index contributed by atoms with van der Waals surface area (Å²) in [5.41, 5.74) is 0. The Balaban J connectivity index is 2.50. The molecule has 1 rings (SSSR count). The second-order valence-corrected chi connectivity index (χ2v) is 4.55. The van der Waals surface area contributed by atoms with E-state index in [-0.39, 0.29) is 0 Å². The highest BCUT2D eigenvalue weighted by molar-refractivity contribution is 8.20. The fraction of sp³-hybridized carbons (Fsp3) is 0.429. The molecule has 0 saturated carbocycles. The molecule has 0 bridgehead atoms. The highest BCUT2D eigenvalue weighted by Crippen LogP contribution is 2.37. The lowest BCUT2D eigenvalue weighted by molar-refractivity contribution is 1.12. The summed E-state index contributed by atoms with van der Waals surface area (Å²) in [6.07, 6.45) is 4.02. The smallest absolute Gasteiger partial charge is 0.0405 e. The Bertz CT molecular complexity index is 106. The highest BCUT2D eigenvalue weighted by Gasteiger charge is 2.22. The largest absolute Gasteiger partial charge is 0.142 e. The Morgan fingerprint density at radius 1 is 1.11 bits per heavy atom. The van der Waals surface area contributed by atoms with Crippen molar-refractivity contribution in [1.82, 2.24) is 0 Å². The molecular formula is C7H10S2. The Kier molecular flexibility index (Phi) is 2.73. The monoisotopic (exact) mass is 158 g/mol. The minimum atomic E-state index is 0.604. The molecule has 0 aromatic heterocycles. The molecule has 0 aliphatic carbocycles. The van der Waals surface area contributed by atoms with Crippen LogP contribution in [0.25, 0.3) is 0 Å². The quantitative estimate of drug-likeness (QED) is 0.566. The summed E-state index contributed by atoms with van der Waals surface area (Å²) in [4.78, 5) is 0. The predicted octanol–water partition coefficient (Wildman–Crippen LogP) is 2.53. The highest BCUT2D eigenvalue weighted by atomic mass is 32.2. The van der Waals surface area contributed by atoms with Gasteiger partial charge in [0.15, 0.2) is 0 Å². The van der Waals surface area contributed by atoms with Crippen LogP contribution in [0.4, 0.5) is 0 Å². The summed E-state index contributed by atoms with van der Waals surface area (Å²) in [6.45, 7) is 7.52.